The van der Waals surface area contributed by atoms with Gasteiger partial charge < -0.3 is 40.3 Å². The van der Waals surface area contributed by atoms with Crippen LogP contribution in [0.3, 0.4) is 0 Å². The molecular formula is C46H63NO9. The first-order valence-electron chi connectivity index (χ1n) is 21.6. The van der Waals surface area contributed by atoms with Crippen LogP contribution in [0.4, 0.5) is 5.69 Å². The highest BCUT2D eigenvalue weighted by atomic mass is 16.6. The Morgan fingerprint density at radius 2 is 1.73 bits per heavy atom. The van der Waals surface area contributed by atoms with E-state index in [4.69, 9.17) is 4.74 Å². The minimum absolute atomic E-state index is 0.00477. The van der Waals surface area contributed by atoms with Crippen LogP contribution in [0.1, 0.15) is 110 Å². The molecule has 0 radical (unpaired) electrons. The summed E-state index contributed by atoms with van der Waals surface area (Å²) in [5, 5.41) is 70.9. The Hall–Kier alpha value is -2.60. The van der Waals surface area contributed by atoms with Crippen LogP contribution >= 0.6 is 0 Å². The van der Waals surface area contributed by atoms with E-state index in [-0.39, 0.29) is 65.5 Å². The number of rotatable bonds is 8. The van der Waals surface area contributed by atoms with Gasteiger partial charge in [-0.05, 0) is 128 Å². The Bertz CT molecular complexity index is 1850. The molecule has 13 atom stereocenters. The van der Waals surface area contributed by atoms with E-state index in [0.29, 0.717) is 68.7 Å². The number of ketones is 1. The molecule has 4 saturated carbocycles. The van der Waals surface area contributed by atoms with Crippen LogP contribution in [-0.2, 0) is 20.7 Å². The minimum Gasteiger partial charge on any atom is -0.508 e. The van der Waals surface area contributed by atoms with Crippen molar-refractivity contribution in [3.8, 4) is 5.75 Å². The SMILES string of the molecule is CC(C)[C@@H](C)[C@@H]1O[C@H]1[C@@]1(O)CC=C[C@@H]2C[C@H]3C(=CC(=O)[C@]4(CO)C[C@@H](O)[C@@H](O)C[C@]34C)[C@]3(O)CC[C@H]1[C@@]23CCc1cc(O)cc(N2CC3(CCCC3)CC2=O)c1. The Kier molecular flexibility index (Phi) is 8.99. The summed E-state index contributed by atoms with van der Waals surface area (Å²) >= 11 is 0. The molecule has 2 heterocycles. The van der Waals surface area contributed by atoms with Crippen molar-refractivity contribution in [3.05, 3.63) is 47.6 Å². The standard InChI is InChI=1S/C46H63NO9/c1-26(2)27(3)39-40(56-39)45(54)13-7-8-29-18-32-33(20-37(52)43(25-48)22-35(51)34(50)21-41(32,43)4)46(55)15-10-36(45)44(29,46)14-9-28-16-30(19-31(49)17-28)47-24-42(23-38(47)53)11-5-6-12-42/h7-8,16-17,19-20,26-27,29,32,34-36,39-40,48-51,54-55H,5-6,9-15,18,21-25H2,1-4H3/t27-,29-,32+,34+,35-,36+,39+,40-,41-,43-,44-,45-,46-/m1/s1. The number of anilines is 1. The average Bonchev–Trinajstić information content (AvgIpc) is 3.61. The number of ether oxygens (including phenoxy) is 1. The molecule has 10 heteroatoms. The van der Waals surface area contributed by atoms with Crippen molar-refractivity contribution >= 4 is 17.4 Å². The van der Waals surface area contributed by atoms with Gasteiger partial charge >= 0.3 is 0 Å². The van der Waals surface area contributed by atoms with E-state index in [0.717, 1.165) is 31.2 Å². The number of aliphatic hydroxyl groups is 5. The first kappa shape index (κ1) is 38.9. The fourth-order valence-corrected chi connectivity index (χ4v) is 14.4. The fraction of sp³-hybridized carbons (Fsp3) is 0.739. The number of nitrogens with zero attached hydrogens (tertiary/aromatic N) is 1. The number of carbonyl (C=O) groups is 2. The number of amides is 1. The highest BCUT2D eigenvalue weighted by molar-refractivity contribution is 5.98. The number of benzene rings is 1. The normalized spacial score (nSPS) is 45.4. The molecule has 0 bridgehead atoms. The van der Waals surface area contributed by atoms with Gasteiger partial charge in [0.05, 0.1) is 35.9 Å². The van der Waals surface area contributed by atoms with E-state index in [1.165, 1.54) is 0 Å². The van der Waals surface area contributed by atoms with Gasteiger partial charge in [0.15, 0.2) is 5.78 Å². The number of fused-ring (bicyclic) bond motifs is 4. The number of epoxide rings is 1. The summed E-state index contributed by atoms with van der Waals surface area (Å²) in [6, 6.07) is 5.43. The van der Waals surface area contributed by atoms with Crippen molar-refractivity contribution in [3.63, 3.8) is 0 Å². The van der Waals surface area contributed by atoms with Crippen LogP contribution in [0.2, 0.25) is 0 Å². The van der Waals surface area contributed by atoms with Gasteiger partial charge in [-0.3, -0.25) is 9.59 Å². The van der Waals surface area contributed by atoms with Gasteiger partial charge in [0.2, 0.25) is 5.91 Å². The lowest BCUT2D eigenvalue weighted by atomic mass is 9.39. The van der Waals surface area contributed by atoms with Crippen molar-refractivity contribution < 1.29 is 45.0 Å². The van der Waals surface area contributed by atoms with Crippen molar-refractivity contribution in [2.24, 2.45) is 51.2 Å². The average molecular weight is 774 g/mol. The summed E-state index contributed by atoms with van der Waals surface area (Å²) in [5.41, 5.74) is -3.79. The van der Waals surface area contributed by atoms with E-state index in [2.05, 4.69) is 32.9 Å². The van der Waals surface area contributed by atoms with Crippen LogP contribution in [0.15, 0.2) is 42.0 Å². The van der Waals surface area contributed by atoms with Gasteiger partial charge in [-0.15, -0.1) is 0 Å². The van der Waals surface area contributed by atoms with Gasteiger partial charge in [-0.2, -0.15) is 0 Å². The third-order valence-corrected chi connectivity index (χ3v) is 17.8. The first-order chi connectivity index (χ1) is 26.5. The fourth-order valence-electron chi connectivity index (χ4n) is 14.4. The van der Waals surface area contributed by atoms with Gasteiger partial charge in [0.1, 0.15) is 17.5 Å². The number of phenolic OH excluding ortho intramolecular Hbond substituents is 1. The Morgan fingerprint density at radius 3 is 2.45 bits per heavy atom. The summed E-state index contributed by atoms with van der Waals surface area (Å²) in [5.74, 6) is -0.569. The number of aromatic hydroxyl groups is 1. The zero-order valence-corrected chi connectivity index (χ0v) is 33.6. The van der Waals surface area contributed by atoms with Gasteiger partial charge in [0.25, 0.3) is 0 Å². The van der Waals surface area contributed by atoms with Gasteiger partial charge in [0, 0.05) is 36.1 Å². The van der Waals surface area contributed by atoms with E-state index in [1.54, 1.807) is 18.2 Å². The highest BCUT2D eigenvalue weighted by Crippen LogP contribution is 2.75. The second-order valence-electron chi connectivity index (χ2n) is 20.5. The predicted molar refractivity (Wildman–Crippen MR) is 209 cm³/mol. The Morgan fingerprint density at radius 1 is 1.00 bits per heavy atom. The maximum Gasteiger partial charge on any atom is 0.227 e. The largest absolute Gasteiger partial charge is 0.508 e. The molecule has 1 aromatic rings. The van der Waals surface area contributed by atoms with Crippen LogP contribution in [0.5, 0.6) is 5.75 Å². The zero-order chi connectivity index (χ0) is 39.8. The summed E-state index contributed by atoms with van der Waals surface area (Å²) in [7, 11) is 0. The van der Waals surface area contributed by atoms with E-state index >= 15 is 0 Å². The van der Waals surface area contributed by atoms with Crippen molar-refractivity contribution in [1.29, 1.82) is 0 Å². The number of aliphatic hydroxyl groups excluding tert-OH is 3. The van der Waals surface area contributed by atoms with Crippen molar-refractivity contribution in [1.82, 2.24) is 0 Å². The molecule has 0 unspecified atom stereocenters. The lowest BCUT2D eigenvalue weighted by Crippen LogP contribution is -2.69. The van der Waals surface area contributed by atoms with Gasteiger partial charge in [-0.25, -0.2) is 0 Å². The molecule has 56 heavy (non-hydrogen) atoms. The number of hydrogen-bond donors (Lipinski definition) is 6. The maximum atomic E-state index is 14.5. The molecule has 10 nitrogen and oxygen atoms in total. The lowest BCUT2D eigenvalue weighted by Gasteiger charge is -2.66. The maximum absolute atomic E-state index is 14.5. The summed E-state index contributed by atoms with van der Waals surface area (Å²) in [6.07, 6.45) is 10.7. The monoisotopic (exact) mass is 773 g/mol. The molecule has 9 rings (SSSR count). The molecule has 6 fully saturated rings. The zero-order valence-electron chi connectivity index (χ0n) is 33.6. The lowest BCUT2D eigenvalue weighted by molar-refractivity contribution is -0.203. The van der Waals surface area contributed by atoms with Gasteiger partial charge in [-0.1, -0.05) is 52.7 Å². The molecule has 1 spiro atoms. The van der Waals surface area contributed by atoms with Crippen molar-refractivity contribution in [2.75, 3.05) is 18.1 Å². The molecule has 0 aromatic heterocycles. The quantitative estimate of drug-likeness (QED) is 0.155. The van der Waals surface area contributed by atoms with Crippen LogP contribution in [0, 0.1) is 51.2 Å². The summed E-state index contributed by atoms with van der Waals surface area (Å²) in [6.45, 7) is 8.64. The second kappa shape index (κ2) is 12.9. The summed E-state index contributed by atoms with van der Waals surface area (Å²) < 4.78 is 6.42. The van der Waals surface area contributed by atoms with E-state index < -0.39 is 52.4 Å². The number of aryl methyl sites for hydroxylation is 1. The summed E-state index contributed by atoms with van der Waals surface area (Å²) in [4.78, 5) is 29.8. The van der Waals surface area contributed by atoms with Crippen LogP contribution < -0.4 is 4.90 Å². The highest BCUT2D eigenvalue weighted by Gasteiger charge is 2.77. The Balaban J connectivity index is 1.14. The van der Waals surface area contributed by atoms with E-state index in [1.807, 2.05) is 17.9 Å². The van der Waals surface area contributed by atoms with Crippen LogP contribution in [-0.4, -0.2) is 91.1 Å². The number of hydrogen-bond acceptors (Lipinski definition) is 9. The molecule has 6 aliphatic carbocycles. The molecule has 2 aliphatic heterocycles. The molecule has 8 aliphatic rings. The third-order valence-electron chi connectivity index (χ3n) is 17.8. The molecule has 1 aromatic carbocycles. The topological polar surface area (TPSA) is 171 Å². The second-order valence-corrected chi connectivity index (χ2v) is 20.5. The molecule has 2 saturated heterocycles. The number of allylic oxidation sites excluding steroid dienone is 2. The molecule has 6 N–H and O–H groups in total. The number of carbonyl (C=O) groups excluding carboxylic acids is 2. The molecule has 1 amide bonds. The number of phenols is 1. The van der Waals surface area contributed by atoms with Crippen LogP contribution in [0.25, 0.3) is 0 Å². The molecular weight excluding hydrogens is 711 g/mol. The van der Waals surface area contributed by atoms with Crippen molar-refractivity contribution in [2.45, 2.75) is 147 Å². The smallest absolute Gasteiger partial charge is 0.227 e. The third kappa shape index (κ3) is 5.20. The Labute approximate surface area is 331 Å². The first-order valence-corrected chi connectivity index (χ1v) is 21.6. The van der Waals surface area contributed by atoms with E-state index in [9.17, 15) is 40.2 Å². The molecule has 306 valence electrons. The minimum atomic E-state index is -1.51. The predicted octanol–water partition coefficient (Wildman–Crippen LogP) is 5.15.